The van der Waals surface area contributed by atoms with Crippen LogP contribution in [0.15, 0.2) is 11.4 Å². The van der Waals surface area contributed by atoms with Crippen LogP contribution in [0.25, 0.3) is 10.2 Å². The summed E-state index contributed by atoms with van der Waals surface area (Å²) in [6.07, 6.45) is 0.750. The summed E-state index contributed by atoms with van der Waals surface area (Å²) in [5, 5.41) is 15.3. The van der Waals surface area contributed by atoms with E-state index in [-0.39, 0.29) is 6.61 Å². The Bertz CT molecular complexity index is 528. The molecule has 0 amide bonds. The fourth-order valence-corrected chi connectivity index (χ4v) is 2.75. The molecule has 104 valence electrons. The Labute approximate surface area is 117 Å². The predicted molar refractivity (Wildman–Crippen MR) is 81.2 cm³/mol. The van der Waals surface area contributed by atoms with E-state index in [0.29, 0.717) is 5.95 Å². The van der Waals surface area contributed by atoms with Gasteiger partial charge >= 0.3 is 0 Å². The maximum Gasteiger partial charge on any atom is 0.226 e. The zero-order valence-corrected chi connectivity index (χ0v) is 12.2. The number of aromatic nitrogens is 2. The summed E-state index contributed by atoms with van der Waals surface area (Å²) < 4.78 is 0. The van der Waals surface area contributed by atoms with Crippen LogP contribution in [0.2, 0.25) is 0 Å². The third-order valence-corrected chi connectivity index (χ3v) is 3.71. The van der Waals surface area contributed by atoms with Gasteiger partial charge in [-0.05, 0) is 31.7 Å². The van der Waals surface area contributed by atoms with Gasteiger partial charge in [-0.2, -0.15) is 4.98 Å². The summed E-state index contributed by atoms with van der Waals surface area (Å²) >= 11 is 1.63. The number of fused-ring (bicyclic) bond motifs is 1. The number of aliphatic hydroxyl groups is 1. The fraction of sp³-hybridized carbons (Fsp3) is 0.538. The third-order valence-electron chi connectivity index (χ3n) is 2.91. The molecule has 6 heteroatoms. The Kier molecular flexibility index (Phi) is 4.93. The molecule has 0 aliphatic rings. The van der Waals surface area contributed by atoms with Crippen LogP contribution in [0.1, 0.15) is 20.3 Å². The maximum absolute atomic E-state index is 9.00. The van der Waals surface area contributed by atoms with Crippen LogP contribution in [-0.4, -0.2) is 41.3 Å². The van der Waals surface area contributed by atoms with Gasteiger partial charge in [0.1, 0.15) is 10.6 Å². The van der Waals surface area contributed by atoms with Crippen molar-refractivity contribution in [3.8, 4) is 0 Å². The summed E-state index contributed by atoms with van der Waals surface area (Å²) in [6.45, 7) is 6.82. The number of nitrogens with one attached hydrogen (secondary N) is 1. The highest BCUT2D eigenvalue weighted by atomic mass is 32.1. The van der Waals surface area contributed by atoms with E-state index in [1.54, 1.807) is 11.3 Å². The van der Waals surface area contributed by atoms with Gasteiger partial charge in [-0.25, -0.2) is 4.98 Å². The third kappa shape index (κ3) is 3.13. The van der Waals surface area contributed by atoms with Crippen molar-refractivity contribution in [1.29, 1.82) is 0 Å². The van der Waals surface area contributed by atoms with E-state index in [2.05, 4.69) is 33.2 Å². The molecule has 2 aromatic rings. The minimum Gasteiger partial charge on any atom is -0.396 e. The SMILES string of the molecule is CCNc1nc(N(CC)CCCO)c2ccsc2n1. The molecule has 2 rings (SSSR count). The summed E-state index contributed by atoms with van der Waals surface area (Å²) in [6, 6.07) is 2.06. The number of anilines is 2. The zero-order chi connectivity index (χ0) is 13.7. The average Bonchev–Trinajstić information content (AvgIpc) is 2.88. The van der Waals surface area contributed by atoms with Crippen LogP contribution in [0, 0.1) is 0 Å². The number of aliphatic hydroxyl groups excluding tert-OH is 1. The second kappa shape index (κ2) is 6.68. The van der Waals surface area contributed by atoms with Crippen LogP contribution < -0.4 is 10.2 Å². The highest BCUT2D eigenvalue weighted by molar-refractivity contribution is 7.16. The van der Waals surface area contributed by atoms with Gasteiger partial charge < -0.3 is 15.3 Å². The number of thiophene rings is 1. The smallest absolute Gasteiger partial charge is 0.226 e. The molecular weight excluding hydrogens is 260 g/mol. The van der Waals surface area contributed by atoms with E-state index in [1.807, 2.05) is 12.3 Å². The van der Waals surface area contributed by atoms with Crippen LogP contribution in [0.5, 0.6) is 0 Å². The van der Waals surface area contributed by atoms with Crippen molar-refractivity contribution >= 4 is 33.3 Å². The van der Waals surface area contributed by atoms with E-state index >= 15 is 0 Å². The van der Waals surface area contributed by atoms with Crippen molar-refractivity contribution < 1.29 is 5.11 Å². The van der Waals surface area contributed by atoms with Gasteiger partial charge in [0.15, 0.2) is 0 Å². The second-order valence-electron chi connectivity index (χ2n) is 4.20. The van der Waals surface area contributed by atoms with Crippen LogP contribution in [0.4, 0.5) is 11.8 Å². The quantitative estimate of drug-likeness (QED) is 0.815. The van der Waals surface area contributed by atoms with Gasteiger partial charge in [0.05, 0.1) is 5.39 Å². The fourth-order valence-electron chi connectivity index (χ4n) is 1.99. The molecule has 0 atom stereocenters. The Balaban J connectivity index is 2.40. The first-order valence-electron chi connectivity index (χ1n) is 6.65. The lowest BCUT2D eigenvalue weighted by Gasteiger charge is -2.22. The van der Waals surface area contributed by atoms with E-state index < -0.39 is 0 Å². The lowest BCUT2D eigenvalue weighted by molar-refractivity contribution is 0.289. The molecule has 0 aromatic carbocycles. The molecule has 0 saturated carbocycles. The van der Waals surface area contributed by atoms with Crippen molar-refractivity contribution in [2.45, 2.75) is 20.3 Å². The molecule has 5 nitrogen and oxygen atoms in total. The molecule has 2 heterocycles. The summed E-state index contributed by atoms with van der Waals surface area (Å²) in [7, 11) is 0. The molecule has 0 spiro atoms. The summed E-state index contributed by atoms with van der Waals surface area (Å²) in [5.41, 5.74) is 0. The molecule has 0 radical (unpaired) electrons. The molecule has 19 heavy (non-hydrogen) atoms. The molecular formula is C13H20N4OS. The normalized spacial score (nSPS) is 10.9. The number of hydrogen-bond donors (Lipinski definition) is 2. The highest BCUT2D eigenvalue weighted by Crippen LogP contribution is 2.29. The van der Waals surface area contributed by atoms with Crippen molar-refractivity contribution in [3.63, 3.8) is 0 Å². The maximum atomic E-state index is 9.00. The van der Waals surface area contributed by atoms with Gasteiger partial charge in [-0.1, -0.05) is 0 Å². The monoisotopic (exact) mass is 280 g/mol. The lowest BCUT2D eigenvalue weighted by atomic mass is 10.3. The average molecular weight is 280 g/mol. The Morgan fingerprint density at radius 2 is 2.21 bits per heavy atom. The van der Waals surface area contributed by atoms with Crippen molar-refractivity contribution in [2.75, 3.05) is 36.5 Å². The molecule has 0 saturated heterocycles. The van der Waals surface area contributed by atoms with Gasteiger partial charge in [0.2, 0.25) is 5.95 Å². The molecule has 0 aliphatic heterocycles. The van der Waals surface area contributed by atoms with Gasteiger partial charge in [-0.15, -0.1) is 11.3 Å². The highest BCUT2D eigenvalue weighted by Gasteiger charge is 2.13. The summed E-state index contributed by atoms with van der Waals surface area (Å²) in [4.78, 5) is 12.3. The van der Waals surface area contributed by atoms with Crippen molar-refractivity contribution in [3.05, 3.63) is 11.4 Å². The molecule has 0 unspecified atom stereocenters. The number of hydrogen-bond acceptors (Lipinski definition) is 6. The van der Waals surface area contributed by atoms with E-state index in [1.165, 1.54) is 0 Å². The van der Waals surface area contributed by atoms with Crippen molar-refractivity contribution in [1.82, 2.24) is 9.97 Å². The first-order valence-corrected chi connectivity index (χ1v) is 7.53. The first-order chi connectivity index (χ1) is 9.30. The van der Waals surface area contributed by atoms with Crippen LogP contribution in [-0.2, 0) is 0 Å². The topological polar surface area (TPSA) is 61.3 Å². The summed E-state index contributed by atoms with van der Waals surface area (Å²) in [5.74, 6) is 1.63. The molecule has 0 bridgehead atoms. The van der Waals surface area contributed by atoms with Gasteiger partial charge in [-0.3, -0.25) is 0 Å². The van der Waals surface area contributed by atoms with Gasteiger partial charge in [0, 0.05) is 26.2 Å². The van der Waals surface area contributed by atoms with Crippen LogP contribution in [0.3, 0.4) is 0 Å². The Hall–Kier alpha value is -1.40. The minimum atomic E-state index is 0.203. The van der Waals surface area contributed by atoms with E-state index in [4.69, 9.17) is 5.11 Å². The van der Waals surface area contributed by atoms with Crippen molar-refractivity contribution in [2.24, 2.45) is 0 Å². The molecule has 0 fully saturated rings. The zero-order valence-electron chi connectivity index (χ0n) is 11.4. The predicted octanol–water partition coefficient (Wildman–Crippen LogP) is 2.33. The first kappa shape index (κ1) is 14.0. The van der Waals surface area contributed by atoms with Crippen LogP contribution >= 0.6 is 11.3 Å². The minimum absolute atomic E-state index is 0.203. The number of rotatable bonds is 7. The Morgan fingerprint density at radius 1 is 1.37 bits per heavy atom. The second-order valence-corrected chi connectivity index (χ2v) is 5.09. The van der Waals surface area contributed by atoms with E-state index in [0.717, 1.165) is 42.1 Å². The number of nitrogens with zero attached hydrogens (tertiary/aromatic N) is 3. The standard InChI is InChI=1S/C13H20N4OS/c1-3-14-13-15-11(17(4-2)7-5-8-18)10-6-9-19-12(10)16-13/h6,9,18H,3-5,7-8H2,1-2H3,(H,14,15,16). The van der Waals surface area contributed by atoms with Gasteiger partial charge in [0.25, 0.3) is 0 Å². The Morgan fingerprint density at radius 3 is 2.89 bits per heavy atom. The molecule has 2 N–H and O–H groups in total. The lowest BCUT2D eigenvalue weighted by Crippen LogP contribution is -2.26. The molecule has 0 aliphatic carbocycles. The van der Waals surface area contributed by atoms with E-state index in [9.17, 15) is 0 Å². The largest absolute Gasteiger partial charge is 0.396 e. The molecule has 2 aromatic heterocycles.